The van der Waals surface area contributed by atoms with Crippen LogP contribution in [0.25, 0.3) is 0 Å². The Morgan fingerprint density at radius 3 is 1.65 bits per heavy atom. The monoisotopic (exact) mass is 346 g/mol. The molecule has 1 aliphatic rings. The van der Waals surface area contributed by atoms with Crippen LogP contribution in [0, 0.1) is 0 Å². The first-order valence-corrected chi connectivity index (χ1v) is 10.3. The molecule has 0 aromatic heterocycles. The van der Waals surface area contributed by atoms with Crippen molar-refractivity contribution in [3.05, 3.63) is 59.7 Å². The minimum Gasteiger partial charge on any atom is -0.493 e. The molecule has 0 fully saturated rings. The van der Waals surface area contributed by atoms with E-state index in [2.05, 4.69) is 36.4 Å². The third-order valence-corrected chi connectivity index (χ3v) is 5.91. The predicted molar refractivity (Wildman–Crippen MR) is 101 cm³/mol. The van der Waals surface area contributed by atoms with Crippen molar-refractivity contribution >= 4 is 23.5 Å². The molecule has 2 aromatic rings. The maximum Gasteiger partial charge on any atom is 0.123 e. The summed E-state index contributed by atoms with van der Waals surface area (Å²) in [6.45, 7) is 1.39. The number of fused-ring (bicyclic) bond motifs is 2. The van der Waals surface area contributed by atoms with E-state index < -0.39 is 0 Å². The first-order chi connectivity index (χ1) is 11.4. The van der Waals surface area contributed by atoms with Crippen LogP contribution in [0.2, 0.25) is 0 Å². The van der Waals surface area contributed by atoms with Gasteiger partial charge < -0.3 is 9.47 Å². The first-order valence-electron chi connectivity index (χ1n) is 8.00. The Kier molecular flexibility index (Phi) is 6.59. The van der Waals surface area contributed by atoms with Crippen LogP contribution >= 0.6 is 23.5 Å². The molecule has 0 unspecified atom stereocenters. The van der Waals surface area contributed by atoms with Crippen LogP contribution in [0.5, 0.6) is 11.5 Å². The normalized spacial score (nSPS) is 16.7. The lowest BCUT2D eigenvalue weighted by Crippen LogP contribution is -2.06. The molecule has 122 valence electrons. The van der Waals surface area contributed by atoms with E-state index in [1.807, 2.05) is 35.7 Å². The van der Waals surface area contributed by atoms with Crippen molar-refractivity contribution in [2.45, 2.75) is 17.9 Å². The molecule has 0 saturated heterocycles. The second-order valence-corrected chi connectivity index (χ2v) is 7.58. The molecule has 2 aromatic carbocycles. The molecule has 0 amide bonds. The van der Waals surface area contributed by atoms with Crippen molar-refractivity contribution in [3.8, 4) is 11.5 Å². The molecule has 3 rings (SSSR count). The SMILES string of the molecule is c1ccc2c(c1)CSCCSCc1ccccc1OCCCO2. The van der Waals surface area contributed by atoms with Gasteiger partial charge in [-0.3, -0.25) is 0 Å². The molecule has 1 aliphatic heterocycles. The van der Waals surface area contributed by atoms with E-state index in [9.17, 15) is 0 Å². The van der Waals surface area contributed by atoms with Crippen molar-refractivity contribution in [1.82, 2.24) is 0 Å². The van der Waals surface area contributed by atoms with Crippen LogP contribution < -0.4 is 9.47 Å². The number of thioether (sulfide) groups is 2. The summed E-state index contributed by atoms with van der Waals surface area (Å²) in [6, 6.07) is 16.7. The van der Waals surface area contributed by atoms with Crippen LogP contribution in [0.15, 0.2) is 48.5 Å². The highest BCUT2D eigenvalue weighted by Crippen LogP contribution is 2.26. The summed E-state index contributed by atoms with van der Waals surface area (Å²) >= 11 is 3.95. The summed E-state index contributed by atoms with van der Waals surface area (Å²) < 4.78 is 11.9. The Morgan fingerprint density at radius 1 is 0.652 bits per heavy atom. The molecule has 23 heavy (non-hydrogen) atoms. The second-order valence-electron chi connectivity index (χ2n) is 5.37. The quantitative estimate of drug-likeness (QED) is 0.667. The summed E-state index contributed by atoms with van der Waals surface area (Å²) in [5.41, 5.74) is 2.59. The Bertz CT molecular complexity index is 562. The molecule has 0 bridgehead atoms. The zero-order valence-electron chi connectivity index (χ0n) is 13.2. The highest BCUT2D eigenvalue weighted by Gasteiger charge is 2.06. The second kappa shape index (κ2) is 9.14. The number of hydrogen-bond donors (Lipinski definition) is 0. The van der Waals surface area contributed by atoms with Gasteiger partial charge in [-0.2, -0.15) is 23.5 Å². The largest absolute Gasteiger partial charge is 0.493 e. The fourth-order valence-corrected chi connectivity index (χ4v) is 4.58. The van der Waals surface area contributed by atoms with E-state index >= 15 is 0 Å². The van der Waals surface area contributed by atoms with Crippen LogP contribution in [0.4, 0.5) is 0 Å². The van der Waals surface area contributed by atoms with Crippen molar-refractivity contribution in [2.24, 2.45) is 0 Å². The van der Waals surface area contributed by atoms with Gasteiger partial charge in [-0.25, -0.2) is 0 Å². The summed E-state index contributed by atoms with van der Waals surface area (Å²) in [4.78, 5) is 0. The van der Waals surface area contributed by atoms with Crippen LogP contribution in [-0.4, -0.2) is 24.7 Å². The maximum atomic E-state index is 5.95. The van der Waals surface area contributed by atoms with E-state index in [1.165, 1.54) is 11.1 Å². The Balaban J connectivity index is 1.65. The van der Waals surface area contributed by atoms with Gasteiger partial charge in [-0.15, -0.1) is 0 Å². The molecule has 2 nitrogen and oxygen atoms in total. The van der Waals surface area contributed by atoms with Crippen molar-refractivity contribution < 1.29 is 9.47 Å². The maximum absolute atomic E-state index is 5.95. The summed E-state index contributed by atoms with van der Waals surface area (Å²) in [5.74, 6) is 6.38. The van der Waals surface area contributed by atoms with Crippen molar-refractivity contribution in [2.75, 3.05) is 24.7 Å². The Morgan fingerprint density at radius 2 is 1.13 bits per heavy atom. The van der Waals surface area contributed by atoms with Gasteiger partial charge in [-0.05, 0) is 12.1 Å². The van der Waals surface area contributed by atoms with Gasteiger partial charge in [0.25, 0.3) is 0 Å². The van der Waals surface area contributed by atoms with E-state index in [0.29, 0.717) is 13.2 Å². The summed E-state index contributed by atoms with van der Waals surface area (Å²) in [6.07, 6.45) is 0.892. The lowest BCUT2D eigenvalue weighted by molar-refractivity contribution is 0.245. The van der Waals surface area contributed by atoms with Crippen molar-refractivity contribution in [3.63, 3.8) is 0 Å². The molecule has 0 spiro atoms. The van der Waals surface area contributed by atoms with Gasteiger partial charge in [0.05, 0.1) is 13.2 Å². The van der Waals surface area contributed by atoms with E-state index in [0.717, 1.165) is 40.9 Å². The van der Waals surface area contributed by atoms with Gasteiger partial charge in [0.15, 0.2) is 0 Å². The van der Waals surface area contributed by atoms with Gasteiger partial charge >= 0.3 is 0 Å². The highest BCUT2D eigenvalue weighted by atomic mass is 32.2. The number of para-hydroxylation sites is 2. The molecular formula is C19H22O2S2. The Labute approximate surface area is 147 Å². The fourth-order valence-electron chi connectivity index (χ4n) is 2.43. The third-order valence-electron chi connectivity index (χ3n) is 3.64. The van der Waals surface area contributed by atoms with Gasteiger partial charge in [0.1, 0.15) is 11.5 Å². The standard InChI is InChI=1S/C19H22O2S2/c1-3-8-18-16(6-1)14-22-12-13-23-15-17-7-2-4-9-19(17)21-11-5-10-20-18/h1-4,6-9H,5,10-15H2. The lowest BCUT2D eigenvalue weighted by Gasteiger charge is -2.12. The van der Waals surface area contributed by atoms with Crippen LogP contribution in [0.1, 0.15) is 17.5 Å². The van der Waals surface area contributed by atoms with E-state index in [1.54, 1.807) is 0 Å². The third kappa shape index (κ3) is 5.11. The first kappa shape index (κ1) is 16.6. The molecule has 0 radical (unpaired) electrons. The molecule has 0 atom stereocenters. The number of rotatable bonds is 0. The van der Waals surface area contributed by atoms with Gasteiger partial charge in [-0.1, -0.05) is 36.4 Å². The molecule has 1 heterocycles. The average molecular weight is 347 g/mol. The van der Waals surface area contributed by atoms with E-state index in [4.69, 9.17) is 9.47 Å². The Hall–Kier alpha value is -1.26. The smallest absolute Gasteiger partial charge is 0.123 e. The number of ether oxygens (including phenoxy) is 2. The fraction of sp³-hybridized carbons (Fsp3) is 0.368. The van der Waals surface area contributed by atoms with Gasteiger partial charge in [0.2, 0.25) is 0 Å². The lowest BCUT2D eigenvalue weighted by atomic mass is 10.2. The van der Waals surface area contributed by atoms with Crippen LogP contribution in [0.3, 0.4) is 0 Å². The molecule has 0 aliphatic carbocycles. The number of hydrogen-bond acceptors (Lipinski definition) is 4. The van der Waals surface area contributed by atoms with Gasteiger partial charge in [0, 0.05) is 40.6 Å². The summed E-state index contributed by atoms with van der Waals surface area (Å²) in [7, 11) is 0. The topological polar surface area (TPSA) is 18.5 Å². The molecule has 4 heteroatoms. The minimum absolute atomic E-state index is 0.693. The van der Waals surface area contributed by atoms with Crippen molar-refractivity contribution in [1.29, 1.82) is 0 Å². The number of benzene rings is 2. The minimum atomic E-state index is 0.693. The van der Waals surface area contributed by atoms with E-state index in [-0.39, 0.29) is 0 Å². The zero-order valence-corrected chi connectivity index (χ0v) is 14.8. The molecule has 0 N–H and O–H groups in total. The predicted octanol–water partition coefficient (Wildman–Crippen LogP) is 5.01. The summed E-state index contributed by atoms with van der Waals surface area (Å²) in [5, 5.41) is 0. The molecular weight excluding hydrogens is 324 g/mol. The molecule has 0 saturated carbocycles. The highest BCUT2D eigenvalue weighted by molar-refractivity contribution is 8.02. The van der Waals surface area contributed by atoms with Crippen LogP contribution in [-0.2, 0) is 11.5 Å². The zero-order chi connectivity index (χ0) is 15.7. The average Bonchev–Trinajstić information content (AvgIpc) is 2.60.